The number of hydrogen-bond acceptors (Lipinski definition) is 4. The highest BCUT2D eigenvalue weighted by molar-refractivity contribution is 7.21. The number of aliphatic hydroxyl groups is 1. The SMILES string of the molecule is O=C(O)c1cc2c(s1)c(C1CCCCC1)c1n2C[C@H](O)COc2ccccc2-1. The van der Waals surface area contributed by atoms with Crippen LogP contribution in [0.1, 0.15) is 53.3 Å². The molecule has 1 saturated carbocycles. The average molecular weight is 397 g/mol. The minimum absolute atomic E-state index is 0.227. The molecule has 0 amide bonds. The van der Waals surface area contributed by atoms with Crippen LogP contribution in [0.5, 0.6) is 5.75 Å². The zero-order chi connectivity index (χ0) is 19.3. The molecule has 3 aromatic rings. The van der Waals surface area contributed by atoms with Crippen molar-refractivity contribution in [1.82, 2.24) is 4.57 Å². The van der Waals surface area contributed by atoms with E-state index in [0.717, 1.165) is 40.1 Å². The van der Waals surface area contributed by atoms with E-state index in [1.807, 2.05) is 18.2 Å². The molecular formula is C22H23NO4S. The molecule has 28 heavy (non-hydrogen) atoms. The van der Waals surface area contributed by atoms with Gasteiger partial charge in [-0.05, 0) is 42.5 Å². The van der Waals surface area contributed by atoms with Crippen LogP contribution in [-0.4, -0.2) is 33.5 Å². The number of fused-ring (bicyclic) bond motifs is 5. The lowest BCUT2D eigenvalue weighted by Gasteiger charge is -2.26. The predicted molar refractivity (Wildman–Crippen MR) is 110 cm³/mol. The molecule has 1 aliphatic heterocycles. The van der Waals surface area contributed by atoms with Crippen molar-refractivity contribution in [1.29, 1.82) is 0 Å². The van der Waals surface area contributed by atoms with E-state index in [-0.39, 0.29) is 6.61 Å². The molecule has 146 valence electrons. The van der Waals surface area contributed by atoms with Crippen LogP contribution in [0.25, 0.3) is 21.5 Å². The summed E-state index contributed by atoms with van der Waals surface area (Å²) in [6.45, 7) is 0.632. The Bertz CT molecular complexity index is 1040. The third-order valence-electron chi connectivity index (χ3n) is 5.96. The molecule has 5 nitrogen and oxygen atoms in total. The largest absolute Gasteiger partial charge is 0.490 e. The van der Waals surface area contributed by atoms with Crippen molar-refractivity contribution in [2.24, 2.45) is 0 Å². The van der Waals surface area contributed by atoms with E-state index >= 15 is 0 Å². The highest BCUT2D eigenvalue weighted by atomic mass is 32.1. The number of rotatable bonds is 2. The normalized spacial score (nSPS) is 20.1. The maximum absolute atomic E-state index is 11.6. The Hall–Kier alpha value is -2.31. The molecule has 1 aliphatic carbocycles. The lowest BCUT2D eigenvalue weighted by atomic mass is 9.83. The number of para-hydroxylation sites is 1. The number of nitrogens with zero attached hydrogens (tertiary/aromatic N) is 1. The van der Waals surface area contributed by atoms with E-state index in [0.29, 0.717) is 17.3 Å². The number of carbonyl (C=O) groups is 1. The molecule has 6 heteroatoms. The van der Waals surface area contributed by atoms with Gasteiger partial charge < -0.3 is 19.5 Å². The summed E-state index contributed by atoms with van der Waals surface area (Å²) in [7, 11) is 0. The summed E-state index contributed by atoms with van der Waals surface area (Å²) in [5.74, 6) is 0.306. The highest BCUT2D eigenvalue weighted by Gasteiger charge is 2.31. The van der Waals surface area contributed by atoms with Crippen LogP contribution < -0.4 is 4.74 Å². The zero-order valence-electron chi connectivity index (χ0n) is 15.6. The molecule has 0 saturated heterocycles. The van der Waals surface area contributed by atoms with Crippen LogP contribution in [-0.2, 0) is 6.54 Å². The van der Waals surface area contributed by atoms with Gasteiger partial charge in [0, 0.05) is 5.56 Å². The van der Waals surface area contributed by atoms with E-state index < -0.39 is 12.1 Å². The smallest absolute Gasteiger partial charge is 0.345 e. The third-order valence-corrected chi connectivity index (χ3v) is 7.11. The maximum atomic E-state index is 11.6. The molecule has 0 bridgehead atoms. The lowest BCUT2D eigenvalue weighted by Crippen LogP contribution is -2.26. The van der Waals surface area contributed by atoms with E-state index in [1.54, 1.807) is 6.07 Å². The summed E-state index contributed by atoms with van der Waals surface area (Å²) >= 11 is 1.37. The van der Waals surface area contributed by atoms with Gasteiger partial charge in [0.25, 0.3) is 0 Å². The van der Waals surface area contributed by atoms with E-state index in [9.17, 15) is 15.0 Å². The molecule has 5 rings (SSSR count). The van der Waals surface area contributed by atoms with Crippen molar-refractivity contribution in [2.45, 2.75) is 50.7 Å². The fourth-order valence-electron chi connectivity index (χ4n) is 4.74. The Balaban J connectivity index is 1.83. The Morgan fingerprint density at radius 2 is 1.96 bits per heavy atom. The predicted octanol–water partition coefficient (Wildman–Crippen LogP) is 4.87. The number of thiophene rings is 1. The van der Waals surface area contributed by atoms with Crippen molar-refractivity contribution in [3.8, 4) is 17.0 Å². The topological polar surface area (TPSA) is 71.7 Å². The first-order chi connectivity index (χ1) is 13.6. The number of aliphatic hydroxyl groups excluding tert-OH is 1. The van der Waals surface area contributed by atoms with Gasteiger partial charge in [0.05, 0.1) is 22.5 Å². The average Bonchev–Trinajstić information content (AvgIpc) is 3.24. The van der Waals surface area contributed by atoms with Crippen LogP contribution in [0.3, 0.4) is 0 Å². The van der Waals surface area contributed by atoms with Gasteiger partial charge in [0.15, 0.2) is 0 Å². The second-order valence-corrected chi connectivity index (χ2v) is 8.85. The zero-order valence-corrected chi connectivity index (χ0v) is 16.4. The van der Waals surface area contributed by atoms with Gasteiger partial charge in [0.1, 0.15) is 23.3 Å². The first-order valence-electron chi connectivity index (χ1n) is 9.93. The number of aromatic carboxylic acids is 1. The first kappa shape index (κ1) is 17.8. The van der Waals surface area contributed by atoms with Gasteiger partial charge in [-0.1, -0.05) is 31.4 Å². The monoisotopic (exact) mass is 397 g/mol. The Morgan fingerprint density at radius 1 is 1.18 bits per heavy atom. The molecule has 1 fully saturated rings. The van der Waals surface area contributed by atoms with Gasteiger partial charge >= 0.3 is 5.97 Å². The summed E-state index contributed by atoms with van der Waals surface area (Å²) in [5.41, 5.74) is 4.31. The number of ether oxygens (including phenoxy) is 1. The fourth-order valence-corrected chi connectivity index (χ4v) is 5.87. The van der Waals surface area contributed by atoms with Gasteiger partial charge in [-0.3, -0.25) is 0 Å². The molecule has 0 radical (unpaired) electrons. The molecule has 0 spiro atoms. The van der Waals surface area contributed by atoms with Crippen LogP contribution in [0.2, 0.25) is 0 Å². The molecule has 3 heterocycles. The summed E-state index contributed by atoms with van der Waals surface area (Å²) < 4.78 is 9.11. The van der Waals surface area contributed by atoms with E-state index in [2.05, 4.69) is 10.6 Å². The molecule has 2 aromatic heterocycles. The number of carboxylic acid groups (broad SMARTS) is 1. The lowest BCUT2D eigenvalue weighted by molar-refractivity contribution is 0.0702. The molecule has 2 aliphatic rings. The van der Waals surface area contributed by atoms with Gasteiger partial charge in [0.2, 0.25) is 0 Å². The Morgan fingerprint density at radius 3 is 2.75 bits per heavy atom. The summed E-state index contributed by atoms with van der Waals surface area (Å²) in [6, 6.07) is 9.76. The van der Waals surface area contributed by atoms with Crippen LogP contribution in [0.4, 0.5) is 0 Å². The highest BCUT2D eigenvalue weighted by Crippen LogP contribution is 2.48. The second kappa shape index (κ2) is 6.94. The Labute approximate surface area is 167 Å². The van der Waals surface area contributed by atoms with Crippen molar-refractivity contribution in [2.75, 3.05) is 6.61 Å². The van der Waals surface area contributed by atoms with Crippen LogP contribution >= 0.6 is 11.3 Å². The van der Waals surface area contributed by atoms with E-state index in [4.69, 9.17) is 4.74 Å². The number of aromatic nitrogens is 1. The van der Waals surface area contributed by atoms with Crippen molar-refractivity contribution < 1.29 is 19.7 Å². The van der Waals surface area contributed by atoms with Crippen molar-refractivity contribution >= 4 is 27.5 Å². The molecule has 0 unspecified atom stereocenters. The van der Waals surface area contributed by atoms with Crippen LogP contribution in [0, 0.1) is 0 Å². The van der Waals surface area contributed by atoms with E-state index in [1.165, 1.54) is 36.2 Å². The molecule has 2 N–H and O–H groups in total. The first-order valence-corrected chi connectivity index (χ1v) is 10.7. The van der Waals surface area contributed by atoms with Gasteiger partial charge in [-0.2, -0.15) is 0 Å². The minimum Gasteiger partial charge on any atom is -0.490 e. The third kappa shape index (κ3) is 2.83. The summed E-state index contributed by atoms with van der Waals surface area (Å²) in [5, 5.41) is 20.1. The maximum Gasteiger partial charge on any atom is 0.345 e. The standard InChI is InChI=1S/C22H23NO4S/c24-14-11-23-16-10-18(22(25)26)28-21(16)19(13-6-2-1-3-7-13)20(23)15-8-4-5-9-17(15)27-12-14/h4-5,8-10,13-14,24H,1-3,6-7,11-12H2,(H,25,26)/t14-/m0/s1. The fraction of sp³-hybridized carbons (Fsp3) is 0.409. The quantitative estimate of drug-likeness (QED) is 0.647. The van der Waals surface area contributed by atoms with Crippen molar-refractivity contribution in [3.05, 3.63) is 40.8 Å². The number of carboxylic acids is 1. The molecule has 1 aromatic carbocycles. The van der Waals surface area contributed by atoms with Crippen molar-refractivity contribution in [3.63, 3.8) is 0 Å². The summed E-state index contributed by atoms with van der Waals surface area (Å²) in [6.07, 6.45) is 5.27. The summed E-state index contributed by atoms with van der Waals surface area (Å²) in [4.78, 5) is 12.0. The van der Waals surface area contributed by atoms with Gasteiger partial charge in [-0.25, -0.2) is 4.79 Å². The van der Waals surface area contributed by atoms with Crippen LogP contribution in [0.15, 0.2) is 30.3 Å². The Kier molecular flexibility index (Phi) is 4.40. The van der Waals surface area contributed by atoms with Gasteiger partial charge in [-0.15, -0.1) is 11.3 Å². The minimum atomic E-state index is -0.889. The number of benzene rings is 1. The molecule has 1 atom stereocenters. The number of hydrogen-bond donors (Lipinski definition) is 2. The second-order valence-electron chi connectivity index (χ2n) is 7.80. The molecular weight excluding hydrogens is 374 g/mol.